The van der Waals surface area contributed by atoms with Crippen molar-refractivity contribution in [3.63, 3.8) is 0 Å². The summed E-state index contributed by atoms with van der Waals surface area (Å²) in [5, 5.41) is 3.27. The van der Waals surface area contributed by atoms with Gasteiger partial charge in [-0.05, 0) is 12.0 Å². The highest BCUT2D eigenvalue weighted by molar-refractivity contribution is 7.14. The first-order chi connectivity index (χ1) is 9.40. The zero-order valence-electron chi connectivity index (χ0n) is 10.5. The molecule has 7 heteroatoms. The lowest BCUT2D eigenvalue weighted by Gasteiger charge is -2.04. The number of nitrogens with one attached hydrogen (secondary N) is 1. The van der Waals surface area contributed by atoms with Crippen LogP contribution in [0, 0.1) is 0 Å². The molecule has 2 aromatic rings. The van der Waals surface area contributed by atoms with Crippen molar-refractivity contribution in [2.24, 2.45) is 0 Å². The molecule has 0 saturated heterocycles. The van der Waals surface area contributed by atoms with Crippen molar-refractivity contribution in [2.45, 2.75) is 19.5 Å². The Balaban J connectivity index is 2.14. The first kappa shape index (κ1) is 14.5. The number of thiazole rings is 1. The Kier molecular flexibility index (Phi) is 4.08. The number of rotatable bonds is 3. The summed E-state index contributed by atoms with van der Waals surface area (Å²) in [6, 6.07) is 7.57. The summed E-state index contributed by atoms with van der Waals surface area (Å²) in [7, 11) is 0. The largest absolute Gasteiger partial charge is 0.471 e. The van der Waals surface area contributed by atoms with E-state index in [1.54, 1.807) is 10.7 Å². The maximum absolute atomic E-state index is 12.1. The molecule has 0 unspecified atom stereocenters. The minimum atomic E-state index is -4.91. The molecule has 20 heavy (non-hydrogen) atoms. The monoisotopic (exact) mass is 300 g/mol. The third-order valence-corrected chi connectivity index (χ3v) is 3.40. The molecule has 0 aliphatic heterocycles. The van der Waals surface area contributed by atoms with E-state index >= 15 is 0 Å². The van der Waals surface area contributed by atoms with E-state index in [0.717, 1.165) is 28.9 Å². The van der Waals surface area contributed by atoms with E-state index in [9.17, 15) is 18.0 Å². The van der Waals surface area contributed by atoms with Gasteiger partial charge in [-0.1, -0.05) is 31.2 Å². The predicted molar refractivity (Wildman–Crippen MR) is 71.6 cm³/mol. The number of hydrogen-bond acceptors (Lipinski definition) is 3. The van der Waals surface area contributed by atoms with E-state index in [1.165, 1.54) is 0 Å². The first-order valence-electron chi connectivity index (χ1n) is 5.83. The molecule has 3 nitrogen and oxygen atoms in total. The summed E-state index contributed by atoms with van der Waals surface area (Å²) < 4.78 is 36.3. The van der Waals surface area contributed by atoms with Crippen LogP contribution in [0.15, 0.2) is 29.6 Å². The Morgan fingerprint density at radius 2 is 1.95 bits per heavy atom. The van der Waals surface area contributed by atoms with Crippen LogP contribution in [0.2, 0.25) is 0 Å². The second-order valence-electron chi connectivity index (χ2n) is 4.04. The lowest BCUT2D eigenvalue weighted by Crippen LogP contribution is -2.29. The molecule has 1 heterocycles. The number of hydrogen-bond donors (Lipinski definition) is 1. The molecule has 0 spiro atoms. The van der Waals surface area contributed by atoms with Crippen molar-refractivity contribution in [3.8, 4) is 11.3 Å². The van der Waals surface area contributed by atoms with Crippen LogP contribution in [-0.4, -0.2) is 17.1 Å². The summed E-state index contributed by atoms with van der Waals surface area (Å²) in [5.74, 6) is -2.01. The van der Waals surface area contributed by atoms with Gasteiger partial charge >= 0.3 is 12.1 Å². The van der Waals surface area contributed by atoms with Crippen molar-refractivity contribution in [1.29, 1.82) is 0 Å². The van der Waals surface area contributed by atoms with Gasteiger partial charge in [0.1, 0.15) is 0 Å². The number of anilines is 1. The highest BCUT2D eigenvalue weighted by atomic mass is 32.1. The van der Waals surface area contributed by atoms with Crippen LogP contribution >= 0.6 is 11.3 Å². The second-order valence-corrected chi connectivity index (χ2v) is 4.90. The van der Waals surface area contributed by atoms with Gasteiger partial charge in [-0.25, -0.2) is 4.98 Å². The summed E-state index contributed by atoms with van der Waals surface area (Å²) in [6.45, 7) is 2.03. The van der Waals surface area contributed by atoms with Gasteiger partial charge in [0, 0.05) is 10.9 Å². The highest BCUT2D eigenvalue weighted by Crippen LogP contribution is 2.26. The summed E-state index contributed by atoms with van der Waals surface area (Å²) in [6.07, 6.45) is -4.00. The van der Waals surface area contributed by atoms with Gasteiger partial charge in [0.25, 0.3) is 0 Å². The molecule has 0 aliphatic rings. The number of halogens is 3. The van der Waals surface area contributed by atoms with Crippen molar-refractivity contribution in [1.82, 2.24) is 4.98 Å². The van der Waals surface area contributed by atoms with E-state index in [4.69, 9.17) is 0 Å². The second kappa shape index (κ2) is 5.62. The van der Waals surface area contributed by atoms with Crippen LogP contribution in [0.4, 0.5) is 18.3 Å². The summed E-state index contributed by atoms with van der Waals surface area (Å²) in [4.78, 5) is 14.8. The molecule has 0 atom stereocenters. The van der Waals surface area contributed by atoms with Crippen LogP contribution < -0.4 is 5.32 Å². The molecule has 0 saturated carbocycles. The number of carbonyl (C=O) groups excluding carboxylic acids is 1. The number of alkyl halides is 3. The zero-order chi connectivity index (χ0) is 14.8. The van der Waals surface area contributed by atoms with Crippen molar-refractivity contribution in [3.05, 3.63) is 35.2 Å². The number of aryl methyl sites for hydroxylation is 1. The molecule has 1 aromatic carbocycles. The smallest absolute Gasteiger partial charge is 0.294 e. The minimum Gasteiger partial charge on any atom is -0.294 e. The predicted octanol–water partition coefficient (Wildman–Crippen LogP) is 3.87. The maximum atomic E-state index is 12.1. The molecule has 1 N–H and O–H groups in total. The lowest BCUT2D eigenvalue weighted by molar-refractivity contribution is -0.167. The average molecular weight is 300 g/mol. The van der Waals surface area contributed by atoms with Gasteiger partial charge < -0.3 is 0 Å². The number of aromatic nitrogens is 1. The summed E-state index contributed by atoms with van der Waals surface area (Å²) >= 11 is 0.956. The van der Waals surface area contributed by atoms with Crippen molar-refractivity contribution >= 4 is 22.4 Å². The van der Waals surface area contributed by atoms with Crippen LogP contribution in [0.5, 0.6) is 0 Å². The van der Waals surface area contributed by atoms with Gasteiger partial charge in [0.15, 0.2) is 5.13 Å². The first-order valence-corrected chi connectivity index (χ1v) is 6.71. The molecule has 106 valence electrons. The van der Waals surface area contributed by atoms with Gasteiger partial charge in [-0.15, -0.1) is 11.3 Å². The average Bonchev–Trinajstić information content (AvgIpc) is 2.86. The van der Waals surface area contributed by atoms with E-state index in [-0.39, 0.29) is 5.13 Å². The third kappa shape index (κ3) is 3.36. The fraction of sp³-hybridized carbons (Fsp3) is 0.231. The standard InChI is InChI=1S/C13H11F3N2OS/c1-2-8-3-5-9(6-4-8)10-7-20-12(17-10)18-11(19)13(14,15)16/h3-7H,2H2,1H3,(H,17,18,19). The van der Waals surface area contributed by atoms with Crippen LogP contribution in [-0.2, 0) is 11.2 Å². The van der Waals surface area contributed by atoms with Crippen LogP contribution in [0.25, 0.3) is 11.3 Å². The Morgan fingerprint density at radius 3 is 2.50 bits per heavy atom. The molecule has 2 rings (SSSR count). The number of benzene rings is 1. The Bertz CT molecular complexity index is 605. The van der Waals surface area contributed by atoms with Crippen molar-refractivity contribution in [2.75, 3.05) is 5.32 Å². The van der Waals surface area contributed by atoms with Gasteiger partial charge in [0.05, 0.1) is 5.69 Å². The summed E-state index contributed by atoms with van der Waals surface area (Å²) in [5.41, 5.74) is 2.50. The molecular weight excluding hydrogens is 289 g/mol. The van der Waals surface area contributed by atoms with Crippen molar-refractivity contribution < 1.29 is 18.0 Å². The van der Waals surface area contributed by atoms with Crippen LogP contribution in [0.1, 0.15) is 12.5 Å². The third-order valence-electron chi connectivity index (χ3n) is 2.64. The Hall–Kier alpha value is -1.89. The minimum absolute atomic E-state index is 0.0677. The van der Waals surface area contributed by atoms with E-state index in [0.29, 0.717) is 5.69 Å². The lowest BCUT2D eigenvalue weighted by atomic mass is 10.1. The molecule has 0 bridgehead atoms. The van der Waals surface area contributed by atoms with Gasteiger partial charge in [-0.3, -0.25) is 10.1 Å². The maximum Gasteiger partial charge on any atom is 0.471 e. The highest BCUT2D eigenvalue weighted by Gasteiger charge is 2.39. The number of carbonyl (C=O) groups is 1. The SMILES string of the molecule is CCc1ccc(-c2csc(NC(=O)C(F)(F)F)n2)cc1. The quantitative estimate of drug-likeness (QED) is 0.935. The molecule has 0 fully saturated rings. The van der Waals surface area contributed by atoms with E-state index in [1.807, 2.05) is 31.2 Å². The zero-order valence-corrected chi connectivity index (χ0v) is 11.3. The molecule has 0 aliphatic carbocycles. The normalized spacial score (nSPS) is 11.4. The van der Waals surface area contributed by atoms with E-state index in [2.05, 4.69) is 4.98 Å². The fourth-order valence-corrected chi connectivity index (χ4v) is 2.26. The van der Waals surface area contributed by atoms with Gasteiger partial charge in [-0.2, -0.15) is 13.2 Å². The Labute approximate surface area is 117 Å². The Morgan fingerprint density at radius 1 is 1.30 bits per heavy atom. The number of nitrogens with zero attached hydrogens (tertiary/aromatic N) is 1. The fourth-order valence-electron chi connectivity index (χ4n) is 1.54. The molecule has 1 aromatic heterocycles. The van der Waals surface area contributed by atoms with Crippen LogP contribution in [0.3, 0.4) is 0 Å². The molecule has 0 radical (unpaired) electrons. The van der Waals surface area contributed by atoms with E-state index < -0.39 is 12.1 Å². The topological polar surface area (TPSA) is 42.0 Å². The van der Waals surface area contributed by atoms with Gasteiger partial charge in [0.2, 0.25) is 0 Å². The molecule has 1 amide bonds. The molecular formula is C13H11F3N2OS. The number of amides is 1.